The Kier molecular flexibility index (Phi) is 10.9. The first-order valence-electron chi connectivity index (χ1n) is 18.1. The third kappa shape index (κ3) is 7.84. The minimum absolute atomic E-state index is 0.0308. The van der Waals surface area contributed by atoms with Crippen LogP contribution in [0.3, 0.4) is 0 Å². The molecule has 2 aliphatic heterocycles. The molecule has 1 fully saturated rings. The molecule has 292 valence electrons. The number of anilines is 2. The lowest BCUT2D eigenvalue weighted by atomic mass is 10.1. The average molecular weight is 775 g/mol. The predicted molar refractivity (Wildman–Crippen MR) is 198 cm³/mol. The van der Waals surface area contributed by atoms with Gasteiger partial charge in [0.05, 0.1) is 24.5 Å². The number of carbonyl (C=O) groups is 2. The van der Waals surface area contributed by atoms with Crippen LogP contribution in [0.1, 0.15) is 52.0 Å². The monoisotopic (exact) mass is 774 g/mol. The van der Waals surface area contributed by atoms with E-state index in [1.807, 2.05) is 48.2 Å². The molecule has 1 saturated heterocycles. The lowest BCUT2D eigenvalue weighted by molar-refractivity contribution is -0.137. The second kappa shape index (κ2) is 15.9. The second-order valence-corrected chi connectivity index (χ2v) is 13.3. The first-order chi connectivity index (χ1) is 26.9. The Morgan fingerprint density at radius 2 is 1.80 bits per heavy atom. The zero-order valence-electron chi connectivity index (χ0n) is 30.6. The van der Waals surface area contributed by atoms with Gasteiger partial charge < -0.3 is 29.2 Å². The van der Waals surface area contributed by atoms with Crippen molar-refractivity contribution in [2.75, 3.05) is 49.6 Å². The topological polar surface area (TPSA) is 136 Å². The zero-order valence-corrected chi connectivity index (χ0v) is 30.6. The van der Waals surface area contributed by atoms with Crippen molar-refractivity contribution in [2.24, 2.45) is 0 Å². The fourth-order valence-electron chi connectivity index (χ4n) is 6.84. The number of benzene rings is 2. The molecular formula is C39H38F4N8O5. The molecule has 2 aliphatic rings. The number of piperazine rings is 1. The van der Waals surface area contributed by atoms with Gasteiger partial charge in [-0.25, -0.2) is 9.37 Å². The number of fused-ring (bicyclic) bond motifs is 1. The first kappa shape index (κ1) is 38.2. The largest absolute Gasteiger partial charge is 0.483 e. The van der Waals surface area contributed by atoms with Gasteiger partial charge in [0.15, 0.2) is 23.1 Å². The van der Waals surface area contributed by atoms with E-state index in [-0.39, 0.29) is 73.5 Å². The van der Waals surface area contributed by atoms with Crippen molar-refractivity contribution < 1.29 is 36.6 Å². The van der Waals surface area contributed by atoms with Crippen LogP contribution in [-0.4, -0.2) is 80.3 Å². The molecule has 5 heterocycles. The lowest BCUT2D eigenvalue weighted by Gasteiger charge is -2.36. The van der Waals surface area contributed by atoms with Crippen LogP contribution in [0.5, 0.6) is 5.75 Å². The van der Waals surface area contributed by atoms with E-state index in [2.05, 4.69) is 15.4 Å². The molecule has 7 rings (SSSR count). The highest BCUT2D eigenvalue weighted by Crippen LogP contribution is 2.32. The summed E-state index contributed by atoms with van der Waals surface area (Å²) in [5.74, 6) is -1.64. The van der Waals surface area contributed by atoms with Gasteiger partial charge in [-0.15, -0.1) is 5.10 Å². The Morgan fingerprint density at radius 3 is 2.48 bits per heavy atom. The number of nitrogens with one attached hydrogen (secondary N) is 1. The average Bonchev–Trinajstić information content (AvgIpc) is 3.65. The van der Waals surface area contributed by atoms with Crippen LogP contribution in [0.25, 0.3) is 11.4 Å². The maximum absolute atomic E-state index is 15.0. The number of ether oxygens (including phenoxy) is 2. The third-order valence-electron chi connectivity index (χ3n) is 9.71. The van der Waals surface area contributed by atoms with Gasteiger partial charge in [0, 0.05) is 38.1 Å². The van der Waals surface area contributed by atoms with E-state index in [1.54, 1.807) is 4.57 Å². The molecule has 13 nitrogen and oxygen atoms in total. The summed E-state index contributed by atoms with van der Waals surface area (Å²) in [6.45, 7) is 4.50. The molecule has 0 aliphatic carbocycles. The first-order valence-corrected chi connectivity index (χ1v) is 18.1. The van der Waals surface area contributed by atoms with Gasteiger partial charge in [-0.05, 0) is 60.7 Å². The number of halogens is 4. The van der Waals surface area contributed by atoms with Gasteiger partial charge in [0.1, 0.15) is 18.8 Å². The van der Waals surface area contributed by atoms with E-state index < -0.39 is 34.9 Å². The Morgan fingerprint density at radius 1 is 1.04 bits per heavy atom. The Bertz CT molecular complexity index is 2370. The highest BCUT2D eigenvalue weighted by Gasteiger charge is 2.33. The van der Waals surface area contributed by atoms with E-state index in [9.17, 15) is 31.9 Å². The van der Waals surface area contributed by atoms with Crippen molar-refractivity contribution in [2.45, 2.75) is 46.0 Å². The van der Waals surface area contributed by atoms with Gasteiger partial charge in [-0.3, -0.25) is 14.4 Å². The molecule has 0 bridgehead atoms. The van der Waals surface area contributed by atoms with Gasteiger partial charge in [-0.2, -0.15) is 22.7 Å². The summed E-state index contributed by atoms with van der Waals surface area (Å²) >= 11 is 0. The molecule has 0 spiro atoms. The lowest BCUT2D eigenvalue weighted by Crippen LogP contribution is -2.51. The maximum atomic E-state index is 15.0. The second-order valence-electron chi connectivity index (χ2n) is 13.3. The summed E-state index contributed by atoms with van der Waals surface area (Å²) in [4.78, 5) is 53.9. The number of carbonyl (C=O) groups excluding carboxylic acids is 2. The van der Waals surface area contributed by atoms with Crippen molar-refractivity contribution in [1.29, 1.82) is 0 Å². The fourth-order valence-corrected chi connectivity index (χ4v) is 6.84. The minimum atomic E-state index is -4.54. The summed E-state index contributed by atoms with van der Waals surface area (Å²) in [5.41, 5.74) is 1.26. The number of hydrogen-bond donors (Lipinski definition) is 1. The molecule has 1 N–H and O–H groups in total. The molecular weight excluding hydrogens is 736 g/mol. The molecule has 0 radical (unpaired) electrons. The molecule has 56 heavy (non-hydrogen) atoms. The Hall–Kier alpha value is -6.10. The van der Waals surface area contributed by atoms with Crippen LogP contribution in [-0.2, 0) is 35.3 Å². The minimum Gasteiger partial charge on any atom is -0.483 e. The van der Waals surface area contributed by atoms with E-state index in [1.165, 1.54) is 24.1 Å². The van der Waals surface area contributed by atoms with Crippen LogP contribution >= 0.6 is 0 Å². The van der Waals surface area contributed by atoms with Crippen molar-refractivity contribution in [1.82, 2.24) is 29.0 Å². The summed E-state index contributed by atoms with van der Waals surface area (Å²) in [7, 11) is 0. The number of amides is 2. The summed E-state index contributed by atoms with van der Waals surface area (Å²) in [6.07, 6.45) is -0.697. The van der Waals surface area contributed by atoms with Crippen molar-refractivity contribution >= 4 is 34.5 Å². The van der Waals surface area contributed by atoms with Crippen LogP contribution < -0.4 is 20.5 Å². The summed E-state index contributed by atoms with van der Waals surface area (Å²) < 4.78 is 68.8. The zero-order chi connectivity index (χ0) is 39.6. The molecule has 2 amide bonds. The van der Waals surface area contributed by atoms with E-state index in [0.29, 0.717) is 37.6 Å². The predicted octanol–water partition coefficient (Wildman–Crippen LogP) is 5.30. The molecule has 0 saturated carbocycles. The summed E-state index contributed by atoms with van der Waals surface area (Å²) in [5, 5.41) is 7.27. The third-order valence-corrected chi connectivity index (χ3v) is 9.71. The van der Waals surface area contributed by atoms with Gasteiger partial charge in [-0.1, -0.05) is 43.3 Å². The number of aryl methyl sites for hydroxylation is 1. The van der Waals surface area contributed by atoms with Gasteiger partial charge >= 0.3 is 6.18 Å². The molecule has 0 atom stereocenters. The van der Waals surface area contributed by atoms with Crippen LogP contribution in [0.4, 0.5) is 28.9 Å². The van der Waals surface area contributed by atoms with Crippen LogP contribution in [0.15, 0.2) is 71.7 Å². The normalized spacial score (nSPS) is 14.9. The molecule has 0 unspecified atom stereocenters. The molecule has 5 aromatic rings. The molecule has 3 aromatic heterocycles. The number of hydrogen-bond acceptors (Lipinski definition) is 9. The Balaban J connectivity index is 1.17. The summed E-state index contributed by atoms with van der Waals surface area (Å²) in [6, 6.07) is 13.3. The smallest absolute Gasteiger partial charge is 0.416 e. The standard InChI is InChI=1S/C39H38F4N8O5/c1-3-30-33(48-15-17-49(18-16-48)36(53)32-34(28(40)11-14-44-32)56-23-25-7-5-4-6-8-25)37(54)51-38(46-35(47-51)26-12-19-55-20-13-26)50(30)22-31(52)45-29-10-9-27(21-24(29)2)39(41,42)43/h4-12,14,21H,3,13,15-20,22-23H2,1-2H3,(H,45,52). The van der Waals surface area contributed by atoms with Crippen molar-refractivity contribution in [3.63, 3.8) is 0 Å². The van der Waals surface area contributed by atoms with E-state index >= 15 is 0 Å². The van der Waals surface area contributed by atoms with E-state index in [4.69, 9.17) is 14.5 Å². The Labute approximate surface area is 318 Å². The quantitative estimate of drug-likeness (QED) is 0.188. The number of aromatic nitrogens is 5. The van der Waals surface area contributed by atoms with Crippen LogP contribution in [0.2, 0.25) is 0 Å². The highest BCUT2D eigenvalue weighted by molar-refractivity contribution is 5.95. The maximum Gasteiger partial charge on any atom is 0.416 e. The number of pyridine rings is 1. The highest BCUT2D eigenvalue weighted by atomic mass is 19.4. The van der Waals surface area contributed by atoms with Gasteiger partial charge in [0.2, 0.25) is 11.7 Å². The van der Waals surface area contributed by atoms with Gasteiger partial charge in [0.25, 0.3) is 11.5 Å². The van der Waals surface area contributed by atoms with E-state index in [0.717, 1.165) is 33.9 Å². The fraction of sp³-hybridized carbons (Fsp3) is 0.333. The molecule has 2 aromatic carbocycles. The van der Waals surface area contributed by atoms with Crippen molar-refractivity contribution in [3.05, 3.63) is 117 Å². The number of alkyl halides is 3. The number of nitrogens with zero attached hydrogens (tertiary/aromatic N) is 7. The molecule has 17 heteroatoms. The number of rotatable bonds is 10. The van der Waals surface area contributed by atoms with Crippen molar-refractivity contribution in [3.8, 4) is 5.75 Å². The van der Waals surface area contributed by atoms with Crippen LogP contribution in [0, 0.1) is 12.7 Å². The SMILES string of the molecule is CCc1c(N2CCN(C(=O)c3nccc(F)c3OCc3ccccc3)CC2)c(=O)n2nc(C3=CCOCC3)nc2n1CC(=O)Nc1ccc(C(F)(F)F)cc1C.